The predicted molar refractivity (Wildman–Crippen MR) is 97.9 cm³/mol. The fourth-order valence-electron chi connectivity index (χ4n) is 2.64. The number of hydrogen-bond acceptors (Lipinski definition) is 5. The van der Waals surface area contributed by atoms with E-state index in [2.05, 4.69) is 5.32 Å². The second-order valence-corrected chi connectivity index (χ2v) is 6.60. The van der Waals surface area contributed by atoms with Crippen molar-refractivity contribution < 1.29 is 19.1 Å². The highest BCUT2D eigenvalue weighted by Gasteiger charge is 2.33. The topological polar surface area (TPSA) is 75.7 Å². The first-order valence-electron chi connectivity index (χ1n) is 8.05. The van der Waals surface area contributed by atoms with Gasteiger partial charge in [-0.15, -0.1) is 11.8 Å². The van der Waals surface area contributed by atoms with Crippen LogP contribution in [0.5, 0.6) is 0 Å². The van der Waals surface area contributed by atoms with Crippen molar-refractivity contribution in [2.75, 3.05) is 19.4 Å². The van der Waals surface area contributed by atoms with Crippen molar-refractivity contribution in [3.63, 3.8) is 0 Å². The summed E-state index contributed by atoms with van der Waals surface area (Å²) in [7, 11) is 0. The zero-order valence-electron chi connectivity index (χ0n) is 14.2. The van der Waals surface area contributed by atoms with Crippen molar-refractivity contribution >= 4 is 29.7 Å². The molecule has 2 aromatic rings. The van der Waals surface area contributed by atoms with Crippen LogP contribution in [-0.2, 0) is 9.53 Å². The summed E-state index contributed by atoms with van der Waals surface area (Å²) in [5.74, 6) is -0.680. The Hall–Kier alpha value is -2.80. The number of thioether (sulfide) groups is 1. The van der Waals surface area contributed by atoms with Crippen LogP contribution in [0.15, 0.2) is 59.5 Å². The van der Waals surface area contributed by atoms with Gasteiger partial charge >= 0.3 is 6.09 Å². The van der Waals surface area contributed by atoms with Crippen molar-refractivity contribution in [3.05, 3.63) is 65.7 Å². The number of hydrogen-bond donors (Lipinski definition) is 1. The number of imide groups is 1. The van der Waals surface area contributed by atoms with Gasteiger partial charge in [-0.1, -0.05) is 30.3 Å². The molecule has 26 heavy (non-hydrogen) atoms. The average molecular weight is 370 g/mol. The summed E-state index contributed by atoms with van der Waals surface area (Å²) >= 11 is 1.59. The molecular formula is C19H18N2O4S. The van der Waals surface area contributed by atoms with Gasteiger partial charge in [0.25, 0.3) is 11.8 Å². The Morgan fingerprint density at radius 2 is 1.85 bits per heavy atom. The molecule has 3 amide bonds. The van der Waals surface area contributed by atoms with Gasteiger partial charge < -0.3 is 10.1 Å². The SMILES string of the molecule is CSc1ccc(C(=O)NC(CN2C(=O)COC2=O)c2ccccc2)cc1. The largest absolute Gasteiger partial charge is 0.439 e. The normalized spacial score (nSPS) is 14.9. The van der Waals surface area contributed by atoms with E-state index in [1.54, 1.807) is 23.9 Å². The summed E-state index contributed by atoms with van der Waals surface area (Å²) in [6, 6.07) is 15.9. The summed E-state index contributed by atoms with van der Waals surface area (Å²) in [4.78, 5) is 38.3. The number of carbonyl (C=O) groups is 3. The van der Waals surface area contributed by atoms with E-state index in [0.717, 1.165) is 15.4 Å². The lowest BCUT2D eigenvalue weighted by molar-refractivity contribution is -0.126. The van der Waals surface area contributed by atoms with Gasteiger partial charge in [0.2, 0.25) is 0 Å². The lowest BCUT2D eigenvalue weighted by Crippen LogP contribution is -2.40. The van der Waals surface area contributed by atoms with Gasteiger partial charge in [0, 0.05) is 10.5 Å². The minimum absolute atomic E-state index is 0.0241. The van der Waals surface area contributed by atoms with Gasteiger partial charge in [0.05, 0.1) is 12.6 Å². The van der Waals surface area contributed by atoms with E-state index in [1.165, 1.54) is 0 Å². The molecule has 1 N–H and O–H groups in total. The predicted octanol–water partition coefficient (Wildman–Crippen LogP) is 2.86. The molecule has 1 aliphatic heterocycles. The van der Waals surface area contributed by atoms with Crippen molar-refractivity contribution in [3.8, 4) is 0 Å². The lowest BCUT2D eigenvalue weighted by Gasteiger charge is -2.23. The molecule has 7 heteroatoms. The van der Waals surface area contributed by atoms with Gasteiger partial charge in [-0.2, -0.15) is 0 Å². The number of nitrogens with one attached hydrogen (secondary N) is 1. The Kier molecular flexibility index (Phi) is 5.58. The van der Waals surface area contributed by atoms with Gasteiger partial charge in [-0.3, -0.25) is 9.59 Å². The van der Waals surface area contributed by atoms with Crippen LogP contribution in [0.3, 0.4) is 0 Å². The van der Waals surface area contributed by atoms with Crippen LogP contribution in [0.2, 0.25) is 0 Å². The van der Waals surface area contributed by atoms with Gasteiger partial charge in [-0.25, -0.2) is 9.69 Å². The van der Waals surface area contributed by atoms with Crippen molar-refractivity contribution in [1.82, 2.24) is 10.2 Å². The van der Waals surface area contributed by atoms with Crippen LogP contribution in [0.1, 0.15) is 22.0 Å². The van der Waals surface area contributed by atoms with Gasteiger partial charge in [-0.05, 0) is 36.1 Å². The Labute approximate surface area is 155 Å². The zero-order valence-corrected chi connectivity index (χ0v) is 15.0. The number of nitrogens with zero attached hydrogens (tertiary/aromatic N) is 1. The van der Waals surface area contributed by atoms with E-state index in [9.17, 15) is 14.4 Å². The maximum Gasteiger partial charge on any atom is 0.417 e. The third kappa shape index (κ3) is 4.05. The van der Waals surface area contributed by atoms with Crippen molar-refractivity contribution in [1.29, 1.82) is 0 Å². The summed E-state index contributed by atoms with van der Waals surface area (Å²) in [5, 5.41) is 2.91. The highest BCUT2D eigenvalue weighted by atomic mass is 32.2. The first kappa shape index (κ1) is 18.0. The molecule has 1 heterocycles. The smallest absolute Gasteiger partial charge is 0.417 e. The third-order valence-corrected chi connectivity index (χ3v) is 4.81. The number of rotatable bonds is 6. The first-order valence-corrected chi connectivity index (χ1v) is 9.28. The maximum atomic E-state index is 12.6. The highest BCUT2D eigenvalue weighted by molar-refractivity contribution is 7.98. The molecular weight excluding hydrogens is 352 g/mol. The minimum Gasteiger partial charge on any atom is -0.439 e. The van der Waals surface area contributed by atoms with E-state index in [0.29, 0.717) is 5.56 Å². The number of cyclic esters (lactones) is 1. The van der Waals surface area contributed by atoms with E-state index in [4.69, 9.17) is 4.74 Å². The van der Waals surface area contributed by atoms with Crippen molar-refractivity contribution in [2.24, 2.45) is 0 Å². The van der Waals surface area contributed by atoms with E-state index in [1.807, 2.05) is 48.7 Å². The van der Waals surface area contributed by atoms with Gasteiger partial charge in [0.15, 0.2) is 6.61 Å². The number of amides is 3. The Balaban J connectivity index is 1.80. The first-order chi connectivity index (χ1) is 12.6. The quantitative estimate of drug-likeness (QED) is 0.792. The highest BCUT2D eigenvalue weighted by Crippen LogP contribution is 2.19. The van der Waals surface area contributed by atoms with Crippen LogP contribution in [0.25, 0.3) is 0 Å². The Morgan fingerprint density at radius 3 is 2.42 bits per heavy atom. The van der Waals surface area contributed by atoms with Crippen LogP contribution >= 0.6 is 11.8 Å². The molecule has 1 unspecified atom stereocenters. The zero-order chi connectivity index (χ0) is 18.5. The van der Waals surface area contributed by atoms with Crippen molar-refractivity contribution in [2.45, 2.75) is 10.9 Å². The van der Waals surface area contributed by atoms with Crippen LogP contribution in [0.4, 0.5) is 4.79 Å². The molecule has 1 fully saturated rings. The number of ether oxygens (including phenoxy) is 1. The lowest BCUT2D eigenvalue weighted by atomic mass is 10.1. The Bertz CT molecular complexity index is 792. The molecule has 0 bridgehead atoms. The standard InChI is InChI=1S/C19H18N2O4S/c1-26-15-9-7-14(8-10-15)18(23)20-16(13-5-3-2-4-6-13)11-21-17(22)12-25-19(21)24/h2-10,16H,11-12H2,1H3,(H,20,23). The molecule has 0 radical (unpaired) electrons. The molecule has 1 saturated heterocycles. The van der Waals surface area contributed by atoms with Crippen LogP contribution in [-0.4, -0.2) is 42.2 Å². The molecule has 0 spiro atoms. The molecule has 0 saturated carbocycles. The molecule has 134 valence electrons. The summed E-state index contributed by atoms with van der Waals surface area (Å²) in [5.41, 5.74) is 1.31. The summed E-state index contributed by atoms with van der Waals surface area (Å²) in [6.45, 7) is -0.235. The average Bonchev–Trinajstić information content (AvgIpc) is 3.00. The number of carbonyl (C=O) groups excluding carboxylic acids is 3. The molecule has 0 aromatic heterocycles. The molecule has 1 atom stereocenters. The molecule has 0 aliphatic carbocycles. The fourth-order valence-corrected chi connectivity index (χ4v) is 3.05. The van der Waals surface area contributed by atoms with E-state index >= 15 is 0 Å². The molecule has 6 nitrogen and oxygen atoms in total. The molecule has 1 aliphatic rings. The second-order valence-electron chi connectivity index (χ2n) is 5.72. The minimum atomic E-state index is -0.686. The summed E-state index contributed by atoms with van der Waals surface area (Å²) < 4.78 is 4.75. The van der Waals surface area contributed by atoms with Crippen LogP contribution in [0, 0.1) is 0 Å². The van der Waals surface area contributed by atoms with E-state index < -0.39 is 18.0 Å². The van der Waals surface area contributed by atoms with Gasteiger partial charge in [0.1, 0.15) is 0 Å². The second kappa shape index (κ2) is 8.05. The number of benzene rings is 2. The maximum absolute atomic E-state index is 12.6. The monoisotopic (exact) mass is 370 g/mol. The fraction of sp³-hybridized carbons (Fsp3) is 0.211. The summed E-state index contributed by atoms with van der Waals surface area (Å²) in [6.07, 6.45) is 1.28. The molecule has 3 rings (SSSR count). The van der Waals surface area contributed by atoms with Crippen LogP contribution < -0.4 is 5.32 Å². The third-order valence-electron chi connectivity index (χ3n) is 4.07. The molecule has 2 aromatic carbocycles. The van der Waals surface area contributed by atoms with E-state index in [-0.39, 0.29) is 19.1 Å². The Morgan fingerprint density at radius 1 is 1.15 bits per heavy atom.